The topological polar surface area (TPSA) is 80.9 Å². The van der Waals surface area contributed by atoms with Crippen molar-refractivity contribution in [1.29, 1.82) is 0 Å². The summed E-state index contributed by atoms with van der Waals surface area (Å²) in [5, 5.41) is 21.1. The van der Waals surface area contributed by atoms with Crippen LogP contribution in [-0.2, 0) is 4.79 Å². The summed E-state index contributed by atoms with van der Waals surface area (Å²) in [4.78, 5) is 11.0. The monoisotopic (exact) mass is 280 g/mol. The normalized spacial score (nSPS) is 23.4. The molecule has 6 heteroatoms. The van der Waals surface area contributed by atoms with Crippen molar-refractivity contribution in [3.63, 3.8) is 0 Å². The number of hydrogen-bond acceptors (Lipinski definition) is 4. The van der Waals surface area contributed by atoms with E-state index in [0.717, 1.165) is 18.7 Å². The Balaban J connectivity index is 2.29. The molecule has 1 fully saturated rings. The fourth-order valence-electron chi connectivity index (χ4n) is 3.27. The molecule has 0 aromatic carbocycles. The van der Waals surface area contributed by atoms with Crippen LogP contribution in [0.1, 0.15) is 77.1 Å². The highest BCUT2D eigenvalue weighted by Crippen LogP contribution is 2.46. The smallest absolute Gasteiger partial charge is 0.305 e. The summed E-state index contributed by atoms with van der Waals surface area (Å²) in [6.07, 6.45) is 5.48. The quantitative estimate of drug-likeness (QED) is 0.897. The Bertz CT molecular complexity index is 469. The van der Waals surface area contributed by atoms with Crippen LogP contribution in [0, 0.1) is 5.41 Å². The third-order valence-corrected chi connectivity index (χ3v) is 4.56. The van der Waals surface area contributed by atoms with Crippen molar-refractivity contribution in [2.75, 3.05) is 0 Å². The zero-order chi connectivity index (χ0) is 14.8. The van der Waals surface area contributed by atoms with E-state index in [0.29, 0.717) is 5.92 Å². The molecule has 6 nitrogen and oxygen atoms in total. The fraction of sp³-hybridized carbons (Fsp3) is 0.857. The summed E-state index contributed by atoms with van der Waals surface area (Å²) >= 11 is 0. The van der Waals surface area contributed by atoms with Crippen molar-refractivity contribution in [3.05, 3.63) is 5.82 Å². The summed E-state index contributed by atoms with van der Waals surface area (Å²) < 4.78 is 1.76. The second-order valence-corrected chi connectivity index (χ2v) is 6.43. The molecule has 2 atom stereocenters. The van der Waals surface area contributed by atoms with Crippen molar-refractivity contribution in [1.82, 2.24) is 20.2 Å². The lowest BCUT2D eigenvalue weighted by Gasteiger charge is -2.38. The first kappa shape index (κ1) is 14.9. The average Bonchev–Trinajstić information content (AvgIpc) is 2.84. The predicted octanol–water partition coefficient (Wildman–Crippen LogP) is 2.78. The van der Waals surface area contributed by atoms with Gasteiger partial charge in [-0.2, -0.15) is 0 Å². The van der Waals surface area contributed by atoms with Crippen molar-refractivity contribution < 1.29 is 9.90 Å². The van der Waals surface area contributed by atoms with Gasteiger partial charge in [0, 0.05) is 5.92 Å². The van der Waals surface area contributed by atoms with E-state index in [1.807, 2.05) is 6.92 Å². The lowest BCUT2D eigenvalue weighted by atomic mass is 9.68. The Labute approximate surface area is 119 Å². The average molecular weight is 280 g/mol. The first-order chi connectivity index (χ1) is 9.45. The van der Waals surface area contributed by atoms with Crippen LogP contribution in [0.3, 0.4) is 0 Å². The molecule has 0 saturated heterocycles. The Morgan fingerprint density at radius 1 is 1.50 bits per heavy atom. The lowest BCUT2D eigenvalue weighted by Crippen LogP contribution is -2.30. The first-order valence-corrected chi connectivity index (χ1v) is 7.45. The van der Waals surface area contributed by atoms with Gasteiger partial charge in [-0.25, -0.2) is 4.68 Å². The van der Waals surface area contributed by atoms with Crippen LogP contribution >= 0.6 is 0 Å². The van der Waals surface area contributed by atoms with Crippen molar-refractivity contribution >= 4 is 5.97 Å². The zero-order valence-electron chi connectivity index (χ0n) is 12.5. The molecule has 1 aliphatic carbocycles. The molecule has 20 heavy (non-hydrogen) atoms. The van der Waals surface area contributed by atoms with Crippen LogP contribution in [0.4, 0.5) is 0 Å². The fourth-order valence-corrected chi connectivity index (χ4v) is 3.27. The number of nitrogens with zero attached hydrogens (tertiary/aromatic N) is 4. The van der Waals surface area contributed by atoms with Crippen molar-refractivity contribution in [2.45, 2.75) is 71.3 Å². The van der Waals surface area contributed by atoms with Gasteiger partial charge in [-0.05, 0) is 35.1 Å². The highest BCUT2D eigenvalue weighted by molar-refractivity contribution is 5.67. The molecule has 112 valence electrons. The predicted molar refractivity (Wildman–Crippen MR) is 74.4 cm³/mol. The zero-order valence-corrected chi connectivity index (χ0v) is 12.5. The summed E-state index contributed by atoms with van der Waals surface area (Å²) in [5.41, 5.74) is 0.173. The minimum absolute atomic E-state index is 0.0711. The van der Waals surface area contributed by atoms with E-state index in [4.69, 9.17) is 5.11 Å². The maximum Gasteiger partial charge on any atom is 0.305 e. The molecule has 1 N–H and O–H groups in total. The minimum Gasteiger partial charge on any atom is -0.481 e. The summed E-state index contributed by atoms with van der Waals surface area (Å²) in [6.45, 7) is 6.49. The second kappa shape index (κ2) is 5.89. The van der Waals surface area contributed by atoms with Crippen LogP contribution in [-0.4, -0.2) is 31.3 Å². The van der Waals surface area contributed by atoms with Gasteiger partial charge in [-0.1, -0.05) is 33.6 Å². The van der Waals surface area contributed by atoms with E-state index in [9.17, 15) is 4.79 Å². The molecule has 0 amide bonds. The molecular weight excluding hydrogens is 256 g/mol. The van der Waals surface area contributed by atoms with Gasteiger partial charge in [-0.15, -0.1) is 5.10 Å². The van der Waals surface area contributed by atoms with Crippen molar-refractivity contribution in [2.24, 2.45) is 5.41 Å². The number of aliphatic carboxylic acids is 1. The van der Waals surface area contributed by atoms with Gasteiger partial charge < -0.3 is 5.11 Å². The first-order valence-electron chi connectivity index (χ1n) is 7.45. The third kappa shape index (κ3) is 2.99. The van der Waals surface area contributed by atoms with Gasteiger partial charge in [-0.3, -0.25) is 4.79 Å². The molecule has 2 unspecified atom stereocenters. The van der Waals surface area contributed by atoms with Crippen LogP contribution < -0.4 is 0 Å². The Morgan fingerprint density at radius 3 is 2.85 bits per heavy atom. The molecule has 1 aromatic heterocycles. The number of carbonyl (C=O) groups is 1. The van der Waals surface area contributed by atoms with E-state index in [1.165, 1.54) is 19.3 Å². The van der Waals surface area contributed by atoms with Gasteiger partial charge in [0.25, 0.3) is 0 Å². The maximum absolute atomic E-state index is 11.0. The SMILES string of the molecule is CCC(CC(=O)O)n1nnnc1C1CCCCC1(C)C. The van der Waals surface area contributed by atoms with Crippen LogP contribution in [0.15, 0.2) is 0 Å². The molecule has 1 heterocycles. The van der Waals surface area contributed by atoms with E-state index in [2.05, 4.69) is 29.4 Å². The van der Waals surface area contributed by atoms with E-state index in [1.54, 1.807) is 4.68 Å². The Morgan fingerprint density at radius 2 is 2.25 bits per heavy atom. The lowest BCUT2D eigenvalue weighted by molar-refractivity contribution is -0.138. The second-order valence-electron chi connectivity index (χ2n) is 6.43. The van der Waals surface area contributed by atoms with Gasteiger partial charge >= 0.3 is 5.97 Å². The number of carboxylic acid groups (broad SMARTS) is 1. The van der Waals surface area contributed by atoms with Gasteiger partial charge in [0.1, 0.15) is 0 Å². The van der Waals surface area contributed by atoms with E-state index >= 15 is 0 Å². The van der Waals surface area contributed by atoms with E-state index < -0.39 is 5.97 Å². The molecule has 1 aromatic rings. The largest absolute Gasteiger partial charge is 0.481 e. The van der Waals surface area contributed by atoms with Gasteiger partial charge in [0.15, 0.2) is 5.82 Å². The summed E-state index contributed by atoms with van der Waals surface area (Å²) in [6, 6.07) is -0.157. The Kier molecular flexibility index (Phi) is 4.40. The van der Waals surface area contributed by atoms with Crippen LogP contribution in [0.5, 0.6) is 0 Å². The summed E-state index contributed by atoms with van der Waals surface area (Å²) in [5.74, 6) is 0.373. The standard InChI is InChI=1S/C14H24N4O2/c1-4-10(9-12(19)20)18-13(15-16-17-18)11-7-5-6-8-14(11,2)3/h10-11H,4-9H2,1-3H3,(H,19,20). The molecule has 0 aliphatic heterocycles. The molecule has 0 bridgehead atoms. The molecule has 0 spiro atoms. The van der Waals surface area contributed by atoms with Crippen LogP contribution in [0.2, 0.25) is 0 Å². The minimum atomic E-state index is -0.804. The highest BCUT2D eigenvalue weighted by atomic mass is 16.4. The third-order valence-electron chi connectivity index (χ3n) is 4.56. The summed E-state index contributed by atoms with van der Waals surface area (Å²) in [7, 11) is 0. The molecule has 2 rings (SSSR count). The molecule has 1 saturated carbocycles. The van der Waals surface area contributed by atoms with Crippen molar-refractivity contribution in [3.8, 4) is 0 Å². The Hall–Kier alpha value is -1.46. The number of aromatic nitrogens is 4. The molecule has 0 radical (unpaired) electrons. The van der Waals surface area contributed by atoms with Gasteiger partial charge in [0.05, 0.1) is 12.5 Å². The number of hydrogen-bond donors (Lipinski definition) is 1. The maximum atomic E-state index is 11.0. The van der Waals surface area contributed by atoms with E-state index in [-0.39, 0.29) is 17.9 Å². The number of tetrazole rings is 1. The number of rotatable bonds is 5. The highest BCUT2D eigenvalue weighted by Gasteiger charge is 2.37. The van der Waals surface area contributed by atoms with Crippen LogP contribution in [0.25, 0.3) is 0 Å². The van der Waals surface area contributed by atoms with Gasteiger partial charge in [0.2, 0.25) is 0 Å². The molecular formula is C14H24N4O2. The number of carboxylic acids is 1. The molecule has 1 aliphatic rings.